The molecule has 1 aromatic heterocycles. The van der Waals surface area contributed by atoms with Crippen LogP contribution in [0.15, 0.2) is 30.3 Å². The molecule has 138 valence electrons. The average molecular weight is 356 g/mol. The van der Waals surface area contributed by atoms with Crippen molar-refractivity contribution in [3.63, 3.8) is 0 Å². The van der Waals surface area contributed by atoms with Crippen LogP contribution in [0.4, 0.5) is 0 Å². The van der Waals surface area contributed by atoms with Gasteiger partial charge >= 0.3 is 5.97 Å². The van der Waals surface area contributed by atoms with E-state index in [1.807, 2.05) is 55.7 Å². The highest BCUT2D eigenvalue weighted by Gasteiger charge is 2.40. The van der Waals surface area contributed by atoms with Crippen LogP contribution in [0.1, 0.15) is 40.2 Å². The minimum atomic E-state index is -1.74. The van der Waals surface area contributed by atoms with Crippen LogP contribution in [-0.4, -0.2) is 50.2 Å². The highest BCUT2D eigenvalue weighted by molar-refractivity contribution is 5.98. The number of piperidine rings is 1. The number of benzene rings is 1. The molecule has 1 aliphatic heterocycles. The number of aryl methyl sites for hydroxylation is 3. The first-order chi connectivity index (χ1) is 12.2. The molecule has 0 radical (unpaired) electrons. The molecule has 3 rings (SSSR count). The van der Waals surface area contributed by atoms with E-state index < -0.39 is 11.6 Å². The second kappa shape index (κ2) is 6.61. The summed E-state index contributed by atoms with van der Waals surface area (Å²) in [6.45, 7) is 6.37. The van der Waals surface area contributed by atoms with Crippen LogP contribution in [0.25, 0.3) is 5.69 Å². The molecule has 6 heteroatoms. The number of hydrogen-bond acceptors (Lipinski definition) is 3. The number of aliphatic hydroxyl groups is 1. The summed E-state index contributed by atoms with van der Waals surface area (Å²) in [6.07, 6.45) is 0.0770. The Hall–Kier alpha value is -2.60. The fourth-order valence-electron chi connectivity index (χ4n) is 3.53. The van der Waals surface area contributed by atoms with Crippen molar-refractivity contribution >= 4 is 11.9 Å². The molecule has 2 heterocycles. The standard InChI is InChI=1S/C20H24N2O4/c1-13-4-7-17(22-14(2)5-6-15(22)3)16(12-13)18(23)21-10-8-20(26,9-11-21)19(24)25/h4-7,12,26H,8-11H2,1-3H3,(H,24,25). The topological polar surface area (TPSA) is 82.8 Å². The zero-order chi connectivity index (χ0) is 19.1. The van der Waals surface area contributed by atoms with Gasteiger partial charge in [0.1, 0.15) is 0 Å². The lowest BCUT2D eigenvalue weighted by Crippen LogP contribution is -2.51. The molecule has 26 heavy (non-hydrogen) atoms. The number of rotatable bonds is 3. The summed E-state index contributed by atoms with van der Waals surface area (Å²) in [5.74, 6) is -1.36. The highest BCUT2D eigenvalue weighted by atomic mass is 16.4. The maximum absolute atomic E-state index is 13.2. The van der Waals surface area contributed by atoms with Gasteiger partial charge in [-0.3, -0.25) is 4.79 Å². The van der Waals surface area contributed by atoms with Gasteiger partial charge in [-0.15, -0.1) is 0 Å². The molecule has 1 amide bonds. The number of likely N-dealkylation sites (tertiary alicyclic amines) is 1. The summed E-state index contributed by atoms with van der Waals surface area (Å²) in [6, 6.07) is 9.81. The van der Waals surface area contributed by atoms with Gasteiger partial charge < -0.3 is 19.7 Å². The van der Waals surface area contributed by atoms with E-state index in [9.17, 15) is 14.7 Å². The number of carboxylic acids is 1. The van der Waals surface area contributed by atoms with Gasteiger partial charge in [-0.25, -0.2) is 4.79 Å². The molecular formula is C20H24N2O4. The summed E-state index contributed by atoms with van der Waals surface area (Å²) >= 11 is 0. The lowest BCUT2D eigenvalue weighted by atomic mass is 9.91. The van der Waals surface area contributed by atoms with Gasteiger partial charge in [-0.2, -0.15) is 0 Å². The minimum Gasteiger partial charge on any atom is -0.479 e. The second-order valence-corrected chi connectivity index (χ2v) is 7.10. The van der Waals surface area contributed by atoms with Crippen LogP contribution in [-0.2, 0) is 4.79 Å². The summed E-state index contributed by atoms with van der Waals surface area (Å²) < 4.78 is 2.05. The Morgan fingerprint density at radius 2 is 1.58 bits per heavy atom. The Morgan fingerprint density at radius 3 is 2.12 bits per heavy atom. The van der Waals surface area contributed by atoms with Crippen molar-refractivity contribution in [3.05, 3.63) is 52.8 Å². The average Bonchev–Trinajstić information content (AvgIpc) is 2.93. The third kappa shape index (κ3) is 3.12. The highest BCUT2D eigenvalue weighted by Crippen LogP contribution is 2.27. The SMILES string of the molecule is Cc1ccc(-n2c(C)ccc2C)c(C(=O)N2CCC(O)(C(=O)O)CC2)c1. The van der Waals surface area contributed by atoms with E-state index in [0.29, 0.717) is 5.56 Å². The molecule has 1 aromatic carbocycles. The maximum atomic E-state index is 13.2. The van der Waals surface area contributed by atoms with Crippen molar-refractivity contribution in [2.45, 2.75) is 39.2 Å². The van der Waals surface area contributed by atoms with Crippen LogP contribution >= 0.6 is 0 Å². The predicted octanol–water partition coefficient (Wildman–Crippen LogP) is 2.45. The van der Waals surface area contributed by atoms with Crippen molar-refractivity contribution in [2.75, 3.05) is 13.1 Å². The third-order valence-electron chi connectivity index (χ3n) is 5.17. The molecular weight excluding hydrogens is 332 g/mol. The first kappa shape index (κ1) is 18.2. The van der Waals surface area contributed by atoms with Gasteiger partial charge in [0.15, 0.2) is 5.60 Å². The number of carbonyl (C=O) groups is 2. The number of aliphatic carboxylic acids is 1. The molecule has 0 spiro atoms. The second-order valence-electron chi connectivity index (χ2n) is 7.10. The monoisotopic (exact) mass is 356 g/mol. The zero-order valence-electron chi connectivity index (χ0n) is 15.3. The molecule has 1 fully saturated rings. The van der Waals surface area contributed by atoms with Crippen LogP contribution in [0.3, 0.4) is 0 Å². The van der Waals surface area contributed by atoms with E-state index in [1.54, 1.807) is 4.90 Å². The molecule has 0 unspecified atom stereocenters. The summed E-state index contributed by atoms with van der Waals surface area (Å²) in [5.41, 5.74) is 2.74. The van der Waals surface area contributed by atoms with E-state index >= 15 is 0 Å². The van der Waals surface area contributed by atoms with E-state index in [0.717, 1.165) is 22.6 Å². The summed E-state index contributed by atoms with van der Waals surface area (Å²) in [4.78, 5) is 26.0. The molecule has 0 atom stereocenters. The fraction of sp³-hybridized carbons (Fsp3) is 0.400. The number of nitrogens with zero attached hydrogens (tertiary/aromatic N) is 2. The number of carboxylic acid groups (broad SMARTS) is 1. The third-order valence-corrected chi connectivity index (χ3v) is 5.17. The number of hydrogen-bond donors (Lipinski definition) is 2. The van der Waals surface area contributed by atoms with Gasteiger partial charge in [0.25, 0.3) is 5.91 Å². The van der Waals surface area contributed by atoms with Crippen LogP contribution in [0.5, 0.6) is 0 Å². The van der Waals surface area contributed by atoms with Crippen molar-refractivity contribution in [3.8, 4) is 5.69 Å². The van der Waals surface area contributed by atoms with E-state index in [-0.39, 0.29) is 31.8 Å². The molecule has 6 nitrogen and oxygen atoms in total. The first-order valence-corrected chi connectivity index (χ1v) is 8.74. The lowest BCUT2D eigenvalue weighted by molar-refractivity contribution is -0.162. The molecule has 1 saturated heterocycles. The van der Waals surface area contributed by atoms with E-state index in [1.165, 1.54) is 0 Å². The summed E-state index contributed by atoms with van der Waals surface area (Å²) in [5, 5.41) is 19.2. The van der Waals surface area contributed by atoms with E-state index in [2.05, 4.69) is 0 Å². The summed E-state index contributed by atoms with van der Waals surface area (Å²) in [7, 11) is 0. The Bertz CT molecular complexity index is 841. The lowest BCUT2D eigenvalue weighted by Gasteiger charge is -2.35. The smallest absolute Gasteiger partial charge is 0.335 e. The molecule has 0 saturated carbocycles. The molecule has 2 N–H and O–H groups in total. The van der Waals surface area contributed by atoms with Gasteiger partial charge in [-0.05, 0) is 45.0 Å². The van der Waals surface area contributed by atoms with Crippen LogP contribution in [0, 0.1) is 20.8 Å². The predicted molar refractivity (Wildman–Crippen MR) is 97.7 cm³/mol. The Balaban J connectivity index is 1.94. The molecule has 0 bridgehead atoms. The number of amides is 1. The first-order valence-electron chi connectivity index (χ1n) is 8.74. The zero-order valence-corrected chi connectivity index (χ0v) is 15.3. The maximum Gasteiger partial charge on any atom is 0.335 e. The van der Waals surface area contributed by atoms with Gasteiger partial charge in [-0.1, -0.05) is 11.6 Å². The molecule has 1 aliphatic rings. The van der Waals surface area contributed by atoms with Gasteiger partial charge in [0.2, 0.25) is 0 Å². The van der Waals surface area contributed by atoms with E-state index in [4.69, 9.17) is 5.11 Å². The Morgan fingerprint density at radius 1 is 1.00 bits per heavy atom. The Kier molecular flexibility index (Phi) is 4.63. The fourth-order valence-corrected chi connectivity index (χ4v) is 3.53. The number of aromatic nitrogens is 1. The quantitative estimate of drug-likeness (QED) is 0.885. The normalized spacial score (nSPS) is 16.5. The number of carbonyl (C=O) groups excluding carboxylic acids is 1. The van der Waals surface area contributed by atoms with Crippen molar-refractivity contribution < 1.29 is 19.8 Å². The van der Waals surface area contributed by atoms with Crippen LogP contribution < -0.4 is 0 Å². The van der Waals surface area contributed by atoms with Gasteiger partial charge in [0, 0.05) is 37.3 Å². The largest absolute Gasteiger partial charge is 0.479 e. The van der Waals surface area contributed by atoms with Crippen molar-refractivity contribution in [1.29, 1.82) is 0 Å². The van der Waals surface area contributed by atoms with Crippen LogP contribution in [0.2, 0.25) is 0 Å². The van der Waals surface area contributed by atoms with Crippen molar-refractivity contribution in [2.24, 2.45) is 0 Å². The molecule has 2 aromatic rings. The van der Waals surface area contributed by atoms with Gasteiger partial charge in [0.05, 0.1) is 11.3 Å². The minimum absolute atomic E-state index is 0.0385. The Labute approximate surface area is 152 Å². The molecule has 0 aliphatic carbocycles. The van der Waals surface area contributed by atoms with Crippen molar-refractivity contribution in [1.82, 2.24) is 9.47 Å².